The van der Waals surface area contributed by atoms with Crippen molar-refractivity contribution in [2.24, 2.45) is 0 Å². The van der Waals surface area contributed by atoms with Crippen LogP contribution in [0.1, 0.15) is 37.3 Å². The van der Waals surface area contributed by atoms with Gasteiger partial charge in [0.15, 0.2) is 0 Å². The maximum atomic E-state index is 12.0. The number of nitrogens with zero attached hydrogens (tertiary/aromatic N) is 2. The molecule has 1 heterocycles. The molecule has 1 aromatic rings. The minimum atomic E-state index is -0.558. The zero-order valence-corrected chi connectivity index (χ0v) is 11.3. The van der Waals surface area contributed by atoms with Crippen molar-refractivity contribution < 1.29 is 9.53 Å². The van der Waals surface area contributed by atoms with Gasteiger partial charge in [-0.1, -0.05) is 0 Å². The zero-order valence-electron chi connectivity index (χ0n) is 11.3. The average Bonchev–Trinajstić information content (AvgIpc) is 2.84. The number of rotatable bonds is 3. The number of methoxy groups -OCH3 is 1. The van der Waals surface area contributed by atoms with Crippen molar-refractivity contribution in [2.45, 2.75) is 44.2 Å². The highest BCUT2D eigenvalue weighted by Gasteiger charge is 2.43. The zero-order chi connectivity index (χ0) is 13.2. The standard InChI is InChI=1S/C13H21N3O2/c1-10-8-15-16(9-10)11-5-4-6-13(7-11,14-2)12(17)18-3/h8-9,11,14H,4-7H2,1-3H3. The Morgan fingerprint density at radius 1 is 1.67 bits per heavy atom. The van der Waals surface area contributed by atoms with Crippen molar-refractivity contribution in [3.8, 4) is 0 Å². The Morgan fingerprint density at radius 2 is 2.44 bits per heavy atom. The molecule has 0 saturated heterocycles. The summed E-state index contributed by atoms with van der Waals surface area (Å²) in [5, 5.41) is 7.52. The molecule has 2 atom stereocenters. The molecule has 1 aliphatic carbocycles. The molecule has 5 heteroatoms. The first-order chi connectivity index (χ1) is 8.61. The fraction of sp³-hybridized carbons (Fsp3) is 0.692. The maximum Gasteiger partial charge on any atom is 0.326 e. The van der Waals surface area contributed by atoms with Gasteiger partial charge in [0.2, 0.25) is 0 Å². The summed E-state index contributed by atoms with van der Waals surface area (Å²) in [6, 6.07) is 0.263. The summed E-state index contributed by atoms with van der Waals surface area (Å²) in [7, 11) is 3.27. The fourth-order valence-electron chi connectivity index (χ4n) is 2.81. The van der Waals surface area contributed by atoms with Crippen LogP contribution in [-0.4, -0.2) is 35.4 Å². The number of hydrogen-bond acceptors (Lipinski definition) is 4. The SMILES string of the molecule is CNC1(C(=O)OC)CCCC(n2cc(C)cn2)C1. The minimum Gasteiger partial charge on any atom is -0.468 e. The smallest absolute Gasteiger partial charge is 0.326 e. The quantitative estimate of drug-likeness (QED) is 0.826. The van der Waals surface area contributed by atoms with Crippen molar-refractivity contribution in [1.29, 1.82) is 0 Å². The summed E-state index contributed by atoms with van der Waals surface area (Å²) in [5.74, 6) is -0.168. The van der Waals surface area contributed by atoms with Crippen molar-refractivity contribution in [1.82, 2.24) is 15.1 Å². The van der Waals surface area contributed by atoms with E-state index in [1.807, 2.05) is 31.0 Å². The Morgan fingerprint density at radius 3 is 3.00 bits per heavy atom. The van der Waals surface area contributed by atoms with Crippen LogP contribution in [0.4, 0.5) is 0 Å². The summed E-state index contributed by atoms with van der Waals surface area (Å²) in [5.41, 5.74) is 0.589. The molecule has 1 aromatic heterocycles. The Hall–Kier alpha value is -1.36. The summed E-state index contributed by atoms with van der Waals surface area (Å²) in [6.45, 7) is 2.03. The predicted molar refractivity (Wildman–Crippen MR) is 68.3 cm³/mol. The molecular weight excluding hydrogens is 230 g/mol. The van der Waals surface area contributed by atoms with E-state index in [4.69, 9.17) is 4.74 Å². The summed E-state index contributed by atoms with van der Waals surface area (Å²) in [4.78, 5) is 12.0. The van der Waals surface area contributed by atoms with E-state index in [-0.39, 0.29) is 12.0 Å². The van der Waals surface area contributed by atoms with Crippen LogP contribution in [-0.2, 0) is 9.53 Å². The Bertz CT molecular complexity index is 430. The molecule has 0 aliphatic heterocycles. The lowest BCUT2D eigenvalue weighted by molar-refractivity contribution is -0.150. The molecule has 2 rings (SSSR count). The van der Waals surface area contributed by atoms with E-state index in [9.17, 15) is 4.79 Å². The molecule has 1 fully saturated rings. The second kappa shape index (κ2) is 5.10. The first-order valence-electron chi connectivity index (χ1n) is 6.39. The van der Waals surface area contributed by atoms with Crippen LogP contribution in [0, 0.1) is 6.92 Å². The molecule has 5 nitrogen and oxygen atoms in total. The number of esters is 1. The number of likely N-dealkylation sites (N-methyl/N-ethyl adjacent to an activating group) is 1. The minimum absolute atomic E-state index is 0.168. The molecule has 0 bridgehead atoms. The van der Waals surface area contributed by atoms with Crippen LogP contribution in [0.5, 0.6) is 0 Å². The van der Waals surface area contributed by atoms with Gasteiger partial charge in [-0.2, -0.15) is 5.10 Å². The number of aryl methyl sites for hydroxylation is 1. The molecule has 0 amide bonds. The number of hydrogen-bond donors (Lipinski definition) is 1. The molecule has 0 spiro atoms. The Kier molecular flexibility index (Phi) is 3.71. The van der Waals surface area contributed by atoms with Crippen LogP contribution in [0.3, 0.4) is 0 Å². The van der Waals surface area contributed by atoms with E-state index in [2.05, 4.69) is 10.4 Å². The largest absolute Gasteiger partial charge is 0.468 e. The van der Waals surface area contributed by atoms with Gasteiger partial charge in [-0.05, 0) is 45.2 Å². The number of ether oxygens (including phenoxy) is 1. The van der Waals surface area contributed by atoms with E-state index in [0.717, 1.165) is 31.2 Å². The Labute approximate surface area is 108 Å². The molecule has 2 unspecified atom stereocenters. The lowest BCUT2D eigenvalue weighted by atomic mass is 9.79. The molecular formula is C13H21N3O2. The van der Waals surface area contributed by atoms with Crippen molar-refractivity contribution in [3.63, 3.8) is 0 Å². The highest BCUT2D eigenvalue weighted by atomic mass is 16.5. The van der Waals surface area contributed by atoms with Crippen LogP contribution in [0.25, 0.3) is 0 Å². The average molecular weight is 251 g/mol. The van der Waals surface area contributed by atoms with E-state index < -0.39 is 5.54 Å². The first-order valence-corrected chi connectivity index (χ1v) is 6.39. The van der Waals surface area contributed by atoms with Gasteiger partial charge in [0.05, 0.1) is 19.3 Å². The van der Waals surface area contributed by atoms with Crippen molar-refractivity contribution in [2.75, 3.05) is 14.2 Å². The lowest BCUT2D eigenvalue weighted by Crippen LogP contribution is -2.54. The number of aromatic nitrogens is 2. The highest BCUT2D eigenvalue weighted by Crippen LogP contribution is 2.35. The van der Waals surface area contributed by atoms with E-state index >= 15 is 0 Å². The normalized spacial score (nSPS) is 28.1. The van der Waals surface area contributed by atoms with Gasteiger partial charge >= 0.3 is 5.97 Å². The summed E-state index contributed by atoms with van der Waals surface area (Å²) >= 11 is 0. The van der Waals surface area contributed by atoms with Gasteiger partial charge in [0.1, 0.15) is 5.54 Å². The van der Waals surface area contributed by atoms with Gasteiger partial charge in [-0.25, -0.2) is 0 Å². The number of nitrogens with one attached hydrogen (secondary N) is 1. The van der Waals surface area contributed by atoms with Crippen molar-refractivity contribution >= 4 is 5.97 Å². The molecule has 1 saturated carbocycles. The van der Waals surface area contributed by atoms with Crippen LogP contribution in [0.2, 0.25) is 0 Å². The third kappa shape index (κ3) is 2.27. The van der Waals surface area contributed by atoms with Crippen LogP contribution >= 0.6 is 0 Å². The van der Waals surface area contributed by atoms with Gasteiger partial charge in [-0.3, -0.25) is 9.48 Å². The van der Waals surface area contributed by atoms with Gasteiger partial charge < -0.3 is 10.1 Å². The molecule has 100 valence electrons. The second-order valence-corrected chi connectivity index (χ2v) is 5.07. The molecule has 18 heavy (non-hydrogen) atoms. The van der Waals surface area contributed by atoms with E-state index in [0.29, 0.717) is 0 Å². The fourth-order valence-corrected chi connectivity index (χ4v) is 2.81. The molecule has 0 aromatic carbocycles. The van der Waals surface area contributed by atoms with Crippen LogP contribution in [0.15, 0.2) is 12.4 Å². The predicted octanol–water partition coefficient (Wildman–Crippen LogP) is 1.44. The third-order valence-electron chi connectivity index (χ3n) is 3.88. The molecule has 0 radical (unpaired) electrons. The second-order valence-electron chi connectivity index (χ2n) is 5.07. The molecule has 1 aliphatic rings. The third-order valence-corrected chi connectivity index (χ3v) is 3.88. The summed E-state index contributed by atoms with van der Waals surface area (Å²) < 4.78 is 6.92. The topological polar surface area (TPSA) is 56.1 Å². The highest BCUT2D eigenvalue weighted by molar-refractivity contribution is 5.80. The Balaban J connectivity index is 2.19. The lowest BCUT2D eigenvalue weighted by Gasteiger charge is -2.38. The van der Waals surface area contributed by atoms with E-state index in [1.54, 1.807) is 0 Å². The maximum absolute atomic E-state index is 12.0. The van der Waals surface area contributed by atoms with Crippen LogP contribution < -0.4 is 5.32 Å². The molecule has 1 N–H and O–H groups in total. The summed E-state index contributed by atoms with van der Waals surface area (Å²) in [6.07, 6.45) is 7.51. The number of carbonyl (C=O) groups excluding carboxylic acids is 1. The van der Waals surface area contributed by atoms with E-state index in [1.165, 1.54) is 7.11 Å². The monoisotopic (exact) mass is 251 g/mol. The van der Waals surface area contributed by atoms with Gasteiger partial charge in [0.25, 0.3) is 0 Å². The van der Waals surface area contributed by atoms with Gasteiger partial charge in [0, 0.05) is 6.20 Å². The van der Waals surface area contributed by atoms with Crippen molar-refractivity contribution in [3.05, 3.63) is 18.0 Å². The van der Waals surface area contributed by atoms with Gasteiger partial charge in [-0.15, -0.1) is 0 Å². The number of carbonyl (C=O) groups is 1. The first kappa shape index (κ1) is 13.1.